The first-order valence-electron chi connectivity index (χ1n) is 3.72. The van der Waals surface area contributed by atoms with Crippen molar-refractivity contribution in [2.75, 3.05) is 14.2 Å². The molecule has 0 amide bonds. The van der Waals surface area contributed by atoms with Crippen LogP contribution in [0.2, 0.25) is 0 Å². The summed E-state index contributed by atoms with van der Waals surface area (Å²) in [5.41, 5.74) is 0.345. The number of benzene rings is 1. The Morgan fingerprint density at radius 1 is 1.36 bits per heavy atom. The SMILES string of the molecule is COOSc1ccc(OC)c([N+]#N)c1. The summed E-state index contributed by atoms with van der Waals surface area (Å²) in [7, 11) is 2.91. The topological polar surface area (TPSA) is 55.8 Å². The van der Waals surface area contributed by atoms with E-state index in [1.807, 2.05) is 0 Å². The van der Waals surface area contributed by atoms with Crippen molar-refractivity contribution in [1.29, 1.82) is 5.39 Å². The number of hydrogen-bond acceptors (Lipinski definition) is 5. The van der Waals surface area contributed by atoms with Crippen LogP contribution in [0.1, 0.15) is 0 Å². The van der Waals surface area contributed by atoms with Gasteiger partial charge in [-0.2, -0.15) is 4.33 Å². The van der Waals surface area contributed by atoms with Crippen molar-refractivity contribution in [1.82, 2.24) is 0 Å². The molecule has 0 radical (unpaired) electrons. The first kappa shape index (κ1) is 10.8. The van der Waals surface area contributed by atoms with E-state index in [0.29, 0.717) is 11.4 Å². The number of hydrogen-bond donors (Lipinski definition) is 0. The normalized spacial score (nSPS) is 9.50. The Morgan fingerprint density at radius 2 is 2.14 bits per heavy atom. The first-order chi connectivity index (χ1) is 6.81. The molecular formula is C8H9N2O3S+. The summed E-state index contributed by atoms with van der Waals surface area (Å²) in [6.07, 6.45) is 0. The molecule has 0 N–H and O–H groups in total. The second-order valence-electron chi connectivity index (χ2n) is 2.25. The molecule has 0 aromatic heterocycles. The zero-order valence-corrected chi connectivity index (χ0v) is 8.58. The van der Waals surface area contributed by atoms with Gasteiger partial charge < -0.3 is 4.74 Å². The van der Waals surface area contributed by atoms with Crippen LogP contribution in [-0.2, 0) is 9.22 Å². The lowest BCUT2D eigenvalue weighted by Crippen LogP contribution is -1.83. The van der Waals surface area contributed by atoms with Crippen molar-refractivity contribution in [2.45, 2.75) is 4.90 Å². The molecule has 1 rings (SSSR count). The predicted molar refractivity (Wildman–Crippen MR) is 51.7 cm³/mol. The second-order valence-corrected chi connectivity index (χ2v) is 3.03. The number of ether oxygens (including phenoxy) is 1. The lowest BCUT2D eigenvalue weighted by Gasteiger charge is -1.98. The van der Waals surface area contributed by atoms with E-state index < -0.39 is 0 Å². The maximum absolute atomic E-state index is 8.66. The van der Waals surface area contributed by atoms with Gasteiger partial charge in [-0.25, -0.2) is 4.89 Å². The van der Waals surface area contributed by atoms with Gasteiger partial charge in [-0.05, 0) is 12.1 Å². The van der Waals surface area contributed by atoms with E-state index in [9.17, 15) is 0 Å². The van der Waals surface area contributed by atoms with Crippen molar-refractivity contribution >= 4 is 17.7 Å². The Hall–Kier alpha value is -1.29. The van der Waals surface area contributed by atoms with Gasteiger partial charge in [-0.15, -0.1) is 0 Å². The fourth-order valence-corrected chi connectivity index (χ4v) is 1.30. The third kappa shape index (κ3) is 2.60. The molecule has 1 aromatic carbocycles. The molecule has 0 atom stereocenters. The van der Waals surface area contributed by atoms with Gasteiger partial charge in [0.25, 0.3) is 0 Å². The minimum atomic E-state index is 0.345. The third-order valence-electron chi connectivity index (χ3n) is 1.46. The van der Waals surface area contributed by atoms with Crippen LogP contribution in [0.3, 0.4) is 0 Å². The minimum absolute atomic E-state index is 0.345. The van der Waals surface area contributed by atoms with E-state index in [2.05, 4.69) is 14.2 Å². The van der Waals surface area contributed by atoms with E-state index in [1.165, 1.54) is 14.2 Å². The van der Waals surface area contributed by atoms with Crippen LogP contribution >= 0.6 is 12.0 Å². The Morgan fingerprint density at radius 3 is 2.71 bits per heavy atom. The molecule has 0 bridgehead atoms. The van der Waals surface area contributed by atoms with Crippen LogP contribution in [0.15, 0.2) is 23.1 Å². The maximum atomic E-state index is 8.66. The molecule has 0 saturated heterocycles. The molecule has 6 heteroatoms. The summed E-state index contributed by atoms with van der Waals surface area (Å²) in [6.45, 7) is 0. The van der Waals surface area contributed by atoms with Crippen LogP contribution in [0.5, 0.6) is 5.75 Å². The molecular weight excluding hydrogens is 204 g/mol. The highest BCUT2D eigenvalue weighted by molar-refractivity contribution is 7.94. The molecule has 0 aliphatic rings. The zero-order valence-electron chi connectivity index (χ0n) is 7.76. The van der Waals surface area contributed by atoms with Crippen molar-refractivity contribution in [2.24, 2.45) is 0 Å². The summed E-state index contributed by atoms with van der Waals surface area (Å²) in [5, 5.41) is 8.66. The van der Waals surface area contributed by atoms with E-state index in [1.54, 1.807) is 18.2 Å². The van der Waals surface area contributed by atoms with E-state index in [0.717, 1.165) is 16.9 Å². The van der Waals surface area contributed by atoms with Gasteiger partial charge in [0.15, 0.2) is 4.98 Å². The van der Waals surface area contributed by atoms with Crippen LogP contribution < -0.4 is 4.74 Å². The summed E-state index contributed by atoms with van der Waals surface area (Å²) >= 11 is 1.02. The van der Waals surface area contributed by atoms with Gasteiger partial charge in [-0.3, -0.25) is 0 Å². The van der Waals surface area contributed by atoms with Crippen LogP contribution in [0.4, 0.5) is 5.69 Å². The summed E-state index contributed by atoms with van der Waals surface area (Å²) in [5.74, 6) is 0.495. The highest BCUT2D eigenvalue weighted by Gasteiger charge is 2.15. The minimum Gasteiger partial charge on any atom is -0.489 e. The highest BCUT2D eigenvalue weighted by Crippen LogP contribution is 2.32. The third-order valence-corrected chi connectivity index (χ3v) is 2.11. The monoisotopic (exact) mass is 213 g/mol. The largest absolute Gasteiger partial charge is 0.489 e. The lowest BCUT2D eigenvalue weighted by atomic mass is 10.3. The van der Waals surface area contributed by atoms with Crippen LogP contribution in [0.25, 0.3) is 4.98 Å². The quantitative estimate of drug-likeness (QED) is 0.333. The lowest BCUT2D eigenvalue weighted by molar-refractivity contribution is -0.160. The molecule has 5 nitrogen and oxygen atoms in total. The van der Waals surface area contributed by atoms with Gasteiger partial charge in [0.05, 0.1) is 32.3 Å². The molecule has 0 unspecified atom stereocenters. The summed E-state index contributed by atoms with van der Waals surface area (Å²) in [6, 6.07) is 5.05. The summed E-state index contributed by atoms with van der Waals surface area (Å²) < 4.78 is 9.61. The standard InChI is InChI=1S/C8H9N2O3S/c1-11-8-4-3-6(14-13-12-2)5-7(8)10-9/h3-5H,1-2H3/q+1. The Balaban J connectivity index is 2.86. The maximum Gasteiger partial charge on any atom is 0.427 e. The average Bonchev–Trinajstić information content (AvgIpc) is 2.25. The van der Waals surface area contributed by atoms with Crippen molar-refractivity contribution in [3.05, 3.63) is 23.2 Å². The van der Waals surface area contributed by atoms with E-state index in [-0.39, 0.29) is 0 Å². The molecule has 0 heterocycles. The molecule has 0 saturated carbocycles. The molecule has 0 fully saturated rings. The molecule has 14 heavy (non-hydrogen) atoms. The highest BCUT2D eigenvalue weighted by atomic mass is 32.2. The smallest absolute Gasteiger partial charge is 0.427 e. The molecule has 74 valence electrons. The molecule has 0 aliphatic carbocycles. The Kier molecular flexibility index (Phi) is 4.19. The van der Waals surface area contributed by atoms with Crippen LogP contribution in [0, 0.1) is 5.39 Å². The van der Waals surface area contributed by atoms with Gasteiger partial charge in [0.1, 0.15) is 0 Å². The fourth-order valence-electron chi connectivity index (χ4n) is 0.873. The number of rotatable bonds is 4. The number of methoxy groups -OCH3 is 1. The number of nitrogens with zero attached hydrogens (tertiary/aromatic N) is 2. The van der Waals surface area contributed by atoms with Gasteiger partial charge >= 0.3 is 5.69 Å². The molecule has 0 spiro atoms. The zero-order chi connectivity index (χ0) is 10.4. The second kappa shape index (κ2) is 5.44. The average molecular weight is 213 g/mol. The molecule has 1 aromatic rings. The predicted octanol–water partition coefficient (Wildman–Crippen LogP) is 2.76. The van der Waals surface area contributed by atoms with E-state index >= 15 is 0 Å². The van der Waals surface area contributed by atoms with E-state index in [4.69, 9.17) is 10.1 Å². The Bertz CT molecular complexity index is 351. The molecule has 0 aliphatic heterocycles. The number of diazo groups is 1. The van der Waals surface area contributed by atoms with Gasteiger partial charge in [-0.1, -0.05) is 0 Å². The van der Waals surface area contributed by atoms with Crippen molar-refractivity contribution < 1.29 is 14.0 Å². The summed E-state index contributed by atoms with van der Waals surface area (Å²) in [4.78, 5) is 8.24. The van der Waals surface area contributed by atoms with Crippen molar-refractivity contribution in [3.8, 4) is 5.75 Å². The Labute approximate surface area is 85.7 Å². The van der Waals surface area contributed by atoms with Gasteiger partial charge in [0.2, 0.25) is 11.1 Å². The van der Waals surface area contributed by atoms with Gasteiger partial charge in [0, 0.05) is 4.90 Å². The van der Waals surface area contributed by atoms with Crippen LogP contribution in [-0.4, -0.2) is 14.2 Å². The fraction of sp³-hybridized carbons (Fsp3) is 0.250. The van der Waals surface area contributed by atoms with Crippen molar-refractivity contribution in [3.63, 3.8) is 0 Å². The first-order valence-corrected chi connectivity index (χ1v) is 4.46.